The maximum Gasteiger partial charge on any atom is 0.266 e. The molecule has 0 bridgehead atoms. The number of benzene rings is 1. The highest BCUT2D eigenvalue weighted by Gasteiger charge is 2.09. The van der Waals surface area contributed by atoms with Crippen molar-refractivity contribution >= 4 is 0 Å². The minimum Gasteiger partial charge on any atom is -0.174 e. The number of halogens is 2. The Bertz CT molecular complexity index is 326. The van der Waals surface area contributed by atoms with Crippen LogP contribution >= 0.6 is 0 Å². The van der Waals surface area contributed by atoms with Gasteiger partial charge >= 0.3 is 0 Å². The summed E-state index contributed by atoms with van der Waals surface area (Å²) in [5.74, 6) is -0.141. The smallest absolute Gasteiger partial charge is 0.174 e. The summed E-state index contributed by atoms with van der Waals surface area (Å²) >= 11 is 0. The predicted molar refractivity (Wildman–Crippen MR) is 68.2 cm³/mol. The molecule has 0 saturated carbocycles. The minimum atomic E-state index is -1.57. The first-order valence-electron chi connectivity index (χ1n) is 6.31. The van der Waals surface area contributed by atoms with E-state index in [2.05, 4.69) is 6.92 Å². The van der Waals surface area contributed by atoms with Gasteiger partial charge < -0.3 is 0 Å². The molecule has 0 saturated heterocycles. The van der Waals surface area contributed by atoms with Crippen LogP contribution in [0.1, 0.15) is 50.5 Å². The van der Waals surface area contributed by atoms with Gasteiger partial charge in [-0.15, -0.1) is 0 Å². The molecule has 0 aliphatic rings. The molecule has 0 aliphatic carbocycles. The average molecular weight is 238 g/mol. The molecule has 1 rings (SSSR count). The minimum absolute atomic E-state index is 0.141. The summed E-state index contributed by atoms with van der Waals surface area (Å²) in [7, 11) is 0. The molecule has 1 aromatic rings. The van der Waals surface area contributed by atoms with E-state index in [1.165, 1.54) is 12.8 Å². The standard InChI is InChI=1S/C15H20F2/c1-2-3-4-6-11-14(12-15(16)17)13-9-7-5-8-10-13/h5,7-10,12,14H,2-4,6,11H2,1H3. The first kappa shape index (κ1) is 13.9. The Morgan fingerprint density at radius 3 is 2.41 bits per heavy atom. The van der Waals surface area contributed by atoms with E-state index in [-0.39, 0.29) is 5.92 Å². The van der Waals surface area contributed by atoms with Gasteiger partial charge in [-0.05, 0) is 18.1 Å². The maximum absolute atomic E-state index is 12.4. The van der Waals surface area contributed by atoms with Gasteiger partial charge in [-0.3, -0.25) is 0 Å². The number of hydrogen-bond acceptors (Lipinski definition) is 0. The molecule has 1 atom stereocenters. The summed E-state index contributed by atoms with van der Waals surface area (Å²) in [5, 5.41) is 0. The quantitative estimate of drug-likeness (QED) is 0.548. The second kappa shape index (κ2) is 7.99. The Hall–Kier alpha value is -1.18. The molecule has 0 N–H and O–H groups in total. The lowest BCUT2D eigenvalue weighted by atomic mass is 9.93. The molecule has 0 radical (unpaired) electrons. The zero-order valence-electron chi connectivity index (χ0n) is 10.3. The van der Waals surface area contributed by atoms with E-state index >= 15 is 0 Å². The molecule has 1 unspecified atom stereocenters. The summed E-state index contributed by atoms with van der Waals surface area (Å²) in [4.78, 5) is 0. The lowest BCUT2D eigenvalue weighted by Crippen LogP contribution is -1.96. The molecule has 0 aromatic heterocycles. The molecule has 1 aromatic carbocycles. The van der Waals surface area contributed by atoms with Crippen LogP contribution in [0.25, 0.3) is 0 Å². The van der Waals surface area contributed by atoms with E-state index in [0.29, 0.717) is 0 Å². The van der Waals surface area contributed by atoms with Crippen LogP contribution in [0.5, 0.6) is 0 Å². The Labute approximate surface area is 102 Å². The normalized spacial score (nSPS) is 12.2. The number of rotatable bonds is 7. The Balaban J connectivity index is 2.59. The Morgan fingerprint density at radius 1 is 1.12 bits per heavy atom. The van der Waals surface area contributed by atoms with Crippen molar-refractivity contribution in [3.63, 3.8) is 0 Å². The van der Waals surface area contributed by atoms with Gasteiger partial charge in [-0.2, -0.15) is 8.78 Å². The van der Waals surface area contributed by atoms with Crippen LogP contribution in [0.3, 0.4) is 0 Å². The third-order valence-corrected chi connectivity index (χ3v) is 2.92. The van der Waals surface area contributed by atoms with Crippen molar-refractivity contribution in [2.75, 3.05) is 0 Å². The van der Waals surface area contributed by atoms with Gasteiger partial charge in [0, 0.05) is 5.92 Å². The van der Waals surface area contributed by atoms with Gasteiger partial charge in [0.25, 0.3) is 6.08 Å². The van der Waals surface area contributed by atoms with Gasteiger partial charge in [0.15, 0.2) is 0 Å². The number of unbranched alkanes of at least 4 members (excludes halogenated alkanes) is 3. The van der Waals surface area contributed by atoms with Crippen molar-refractivity contribution in [3.05, 3.63) is 48.1 Å². The number of allylic oxidation sites excluding steroid dienone is 1. The van der Waals surface area contributed by atoms with E-state index in [1.807, 2.05) is 30.3 Å². The monoisotopic (exact) mass is 238 g/mol. The van der Waals surface area contributed by atoms with Gasteiger partial charge in [0.1, 0.15) is 0 Å². The molecule has 17 heavy (non-hydrogen) atoms. The summed E-state index contributed by atoms with van der Waals surface area (Å²) in [6, 6.07) is 9.55. The van der Waals surface area contributed by atoms with Crippen molar-refractivity contribution in [3.8, 4) is 0 Å². The van der Waals surface area contributed by atoms with Crippen LogP contribution in [0.2, 0.25) is 0 Å². The molecule has 94 valence electrons. The third-order valence-electron chi connectivity index (χ3n) is 2.92. The highest BCUT2D eigenvalue weighted by molar-refractivity contribution is 5.23. The summed E-state index contributed by atoms with van der Waals surface area (Å²) in [5.41, 5.74) is 0.983. The fourth-order valence-electron chi connectivity index (χ4n) is 1.99. The molecule has 0 fully saturated rings. The molecule has 0 nitrogen and oxygen atoms in total. The zero-order chi connectivity index (χ0) is 12.5. The van der Waals surface area contributed by atoms with Gasteiger partial charge in [0.2, 0.25) is 0 Å². The highest BCUT2D eigenvalue weighted by atomic mass is 19.3. The second-order valence-electron chi connectivity index (χ2n) is 4.32. The van der Waals surface area contributed by atoms with Crippen LogP contribution in [-0.2, 0) is 0 Å². The van der Waals surface area contributed by atoms with Gasteiger partial charge in [-0.1, -0.05) is 62.9 Å². The molecular formula is C15H20F2. The van der Waals surface area contributed by atoms with Crippen molar-refractivity contribution < 1.29 is 8.78 Å². The fraction of sp³-hybridized carbons (Fsp3) is 0.467. The molecular weight excluding hydrogens is 218 g/mol. The van der Waals surface area contributed by atoms with Gasteiger partial charge in [0.05, 0.1) is 0 Å². The molecule has 2 heteroatoms. The molecule has 0 spiro atoms. The average Bonchev–Trinajstić information content (AvgIpc) is 2.34. The fourth-order valence-corrected chi connectivity index (χ4v) is 1.99. The third kappa shape index (κ3) is 5.62. The topological polar surface area (TPSA) is 0 Å². The number of hydrogen-bond donors (Lipinski definition) is 0. The van der Waals surface area contributed by atoms with Crippen LogP contribution < -0.4 is 0 Å². The van der Waals surface area contributed by atoms with E-state index in [4.69, 9.17) is 0 Å². The van der Waals surface area contributed by atoms with E-state index < -0.39 is 6.08 Å². The van der Waals surface area contributed by atoms with E-state index in [9.17, 15) is 8.78 Å². The predicted octanol–water partition coefficient (Wildman–Crippen LogP) is 5.52. The molecule has 0 heterocycles. The molecule has 0 aliphatic heterocycles. The van der Waals surface area contributed by atoms with Crippen molar-refractivity contribution in [2.45, 2.75) is 44.9 Å². The summed E-state index contributed by atoms with van der Waals surface area (Å²) in [6.07, 6.45) is 4.81. The van der Waals surface area contributed by atoms with Crippen LogP contribution in [0.4, 0.5) is 8.78 Å². The van der Waals surface area contributed by atoms with Crippen LogP contribution in [0, 0.1) is 0 Å². The summed E-state index contributed by atoms with van der Waals surface area (Å²) < 4.78 is 24.8. The van der Waals surface area contributed by atoms with Crippen molar-refractivity contribution in [1.29, 1.82) is 0 Å². The van der Waals surface area contributed by atoms with E-state index in [0.717, 1.165) is 30.9 Å². The Morgan fingerprint density at radius 2 is 1.82 bits per heavy atom. The van der Waals surface area contributed by atoms with E-state index in [1.54, 1.807) is 0 Å². The second-order valence-corrected chi connectivity index (χ2v) is 4.32. The SMILES string of the molecule is CCCCCCC(C=C(F)F)c1ccccc1. The lowest BCUT2D eigenvalue weighted by molar-refractivity contribution is 0.412. The lowest BCUT2D eigenvalue weighted by Gasteiger charge is -2.12. The first-order chi connectivity index (χ1) is 8.24. The highest BCUT2D eigenvalue weighted by Crippen LogP contribution is 2.25. The largest absolute Gasteiger partial charge is 0.266 e. The first-order valence-corrected chi connectivity index (χ1v) is 6.31. The molecule has 0 amide bonds. The Kier molecular flexibility index (Phi) is 6.53. The maximum atomic E-state index is 12.4. The van der Waals surface area contributed by atoms with Crippen LogP contribution in [0.15, 0.2) is 42.5 Å². The van der Waals surface area contributed by atoms with Crippen molar-refractivity contribution in [1.82, 2.24) is 0 Å². The summed E-state index contributed by atoms with van der Waals surface area (Å²) in [6.45, 7) is 2.15. The zero-order valence-corrected chi connectivity index (χ0v) is 10.3. The van der Waals surface area contributed by atoms with Crippen LogP contribution in [-0.4, -0.2) is 0 Å². The van der Waals surface area contributed by atoms with Crippen molar-refractivity contribution in [2.24, 2.45) is 0 Å². The van der Waals surface area contributed by atoms with Gasteiger partial charge in [-0.25, -0.2) is 0 Å².